The number of carbonyl (C=O) groups is 1. The van der Waals surface area contributed by atoms with Gasteiger partial charge in [0.2, 0.25) is 0 Å². The topological polar surface area (TPSA) is 72.5 Å². The number of carbonyl (C=O) groups excluding carboxylic acids is 1. The first-order chi connectivity index (χ1) is 11.6. The molecular formula is C20H25NO3. The molecule has 0 radical (unpaired) electrons. The summed E-state index contributed by atoms with van der Waals surface area (Å²) < 4.78 is 4.78. The second-order valence-corrected chi connectivity index (χ2v) is 5.87. The number of hydrogen-bond donors (Lipinski definition) is 2. The number of rotatable bonds is 8. The Bertz CT molecular complexity index is 625. The minimum Gasteiger partial charge on any atom is -0.464 e. The molecule has 128 valence electrons. The summed E-state index contributed by atoms with van der Waals surface area (Å²) in [5.41, 5.74) is 9.57. The molecule has 0 saturated heterocycles. The second kappa shape index (κ2) is 9.21. The molecule has 2 aromatic carbocycles. The molecule has 4 nitrogen and oxygen atoms in total. The lowest BCUT2D eigenvalue weighted by Crippen LogP contribution is -2.32. The van der Waals surface area contributed by atoms with Crippen LogP contribution >= 0.6 is 0 Å². The predicted octanol–water partition coefficient (Wildman–Crippen LogP) is 2.93. The highest BCUT2D eigenvalue weighted by Crippen LogP contribution is 2.20. The van der Waals surface area contributed by atoms with Crippen molar-refractivity contribution in [1.82, 2.24) is 0 Å². The summed E-state index contributed by atoms with van der Waals surface area (Å²) in [6.45, 7) is 1.97. The average Bonchev–Trinajstić information content (AvgIpc) is 2.61. The fourth-order valence-electron chi connectivity index (χ4n) is 2.59. The lowest BCUT2D eigenvalue weighted by molar-refractivity contribution is -0.153. The highest BCUT2D eigenvalue weighted by Gasteiger charge is 2.19. The van der Waals surface area contributed by atoms with Crippen molar-refractivity contribution in [1.29, 1.82) is 0 Å². The first-order valence-corrected chi connectivity index (χ1v) is 8.34. The van der Waals surface area contributed by atoms with Gasteiger partial charge < -0.3 is 15.6 Å². The van der Waals surface area contributed by atoms with E-state index in [0.717, 1.165) is 6.42 Å². The van der Waals surface area contributed by atoms with Gasteiger partial charge in [-0.2, -0.15) is 0 Å². The Balaban J connectivity index is 1.83. The molecule has 2 atom stereocenters. The van der Waals surface area contributed by atoms with E-state index in [1.54, 1.807) is 6.92 Å². The lowest BCUT2D eigenvalue weighted by Gasteiger charge is -2.15. The minimum atomic E-state index is -1.14. The number of esters is 1. The Kier molecular flexibility index (Phi) is 6.97. The van der Waals surface area contributed by atoms with E-state index in [9.17, 15) is 9.90 Å². The van der Waals surface area contributed by atoms with Crippen molar-refractivity contribution in [3.8, 4) is 11.1 Å². The van der Waals surface area contributed by atoms with Gasteiger partial charge in [0.25, 0.3) is 0 Å². The third-order valence-electron chi connectivity index (χ3n) is 3.95. The Morgan fingerprint density at radius 2 is 1.71 bits per heavy atom. The van der Waals surface area contributed by atoms with E-state index in [2.05, 4.69) is 36.4 Å². The van der Waals surface area contributed by atoms with E-state index < -0.39 is 12.1 Å². The van der Waals surface area contributed by atoms with Gasteiger partial charge in [-0.25, -0.2) is 4.79 Å². The van der Waals surface area contributed by atoms with Gasteiger partial charge >= 0.3 is 5.97 Å². The molecule has 0 unspecified atom stereocenters. The number of aliphatic hydroxyl groups excluding tert-OH is 1. The highest BCUT2D eigenvalue weighted by molar-refractivity contribution is 5.74. The van der Waals surface area contributed by atoms with Crippen LogP contribution in [0.25, 0.3) is 11.1 Å². The smallest absolute Gasteiger partial charge is 0.335 e. The fourth-order valence-corrected chi connectivity index (χ4v) is 2.59. The summed E-state index contributed by atoms with van der Waals surface area (Å²) in [7, 11) is 0. The van der Waals surface area contributed by atoms with Crippen molar-refractivity contribution in [2.75, 3.05) is 6.61 Å². The number of aryl methyl sites for hydroxylation is 1. The van der Waals surface area contributed by atoms with E-state index in [0.29, 0.717) is 6.42 Å². The van der Waals surface area contributed by atoms with Crippen LogP contribution in [0, 0.1) is 0 Å². The normalized spacial score (nSPS) is 13.3. The summed E-state index contributed by atoms with van der Waals surface area (Å²) in [5.74, 6) is -0.597. The van der Waals surface area contributed by atoms with Crippen LogP contribution < -0.4 is 5.73 Å². The SMILES string of the molecule is CCOC(=O)[C@H](O)C[C@@H](N)CCc1ccc(-c2ccccc2)cc1. The van der Waals surface area contributed by atoms with Crippen molar-refractivity contribution in [3.05, 3.63) is 60.2 Å². The van der Waals surface area contributed by atoms with Crippen molar-refractivity contribution < 1.29 is 14.6 Å². The molecule has 4 heteroatoms. The zero-order chi connectivity index (χ0) is 17.4. The summed E-state index contributed by atoms with van der Waals surface area (Å²) >= 11 is 0. The lowest BCUT2D eigenvalue weighted by atomic mass is 9.99. The quantitative estimate of drug-likeness (QED) is 0.731. The Hall–Kier alpha value is -2.17. The first-order valence-electron chi connectivity index (χ1n) is 8.34. The molecule has 2 aromatic rings. The molecule has 2 rings (SSSR count). The molecule has 0 aliphatic carbocycles. The van der Waals surface area contributed by atoms with Crippen molar-refractivity contribution >= 4 is 5.97 Å². The Labute approximate surface area is 143 Å². The average molecular weight is 327 g/mol. The Morgan fingerprint density at radius 1 is 1.08 bits per heavy atom. The maximum Gasteiger partial charge on any atom is 0.335 e. The second-order valence-electron chi connectivity index (χ2n) is 5.87. The van der Waals surface area contributed by atoms with Crippen LogP contribution in [0.2, 0.25) is 0 Å². The van der Waals surface area contributed by atoms with Gasteiger partial charge in [-0.05, 0) is 42.9 Å². The number of aliphatic hydroxyl groups is 1. The largest absolute Gasteiger partial charge is 0.464 e. The zero-order valence-corrected chi connectivity index (χ0v) is 14.0. The molecule has 0 heterocycles. The molecular weight excluding hydrogens is 302 g/mol. The molecule has 0 aliphatic heterocycles. The van der Waals surface area contributed by atoms with E-state index in [-0.39, 0.29) is 19.1 Å². The number of ether oxygens (including phenoxy) is 1. The molecule has 0 bridgehead atoms. The fraction of sp³-hybridized carbons (Fsp3) is 0.350. The predicted molar refractivity (Wildman–Crippen MR) is 95.4 cm³/mol. The van der Waals surface area contributed by atoms with Crippen LogP contribution in [0.3, 0.4) is 0 Å². The standard InChI is InChI=1S/C20H25NO3/c1-2-24-20(23)19(22)14-18(21)13-10-15-8-11-17(12-9-15)16-6-4-3-5-7-16/h3-9,11-12,18-19,22H,2,10,13-14,21H2,1H3/t18-,19+/m0/s1. The molecule has 3 N–H and O–H groups in total. The summed E-state index contributed by atoms with van der Waals surface area (Å²) in [6, 6.07) is 18.4. The van der Waals surface area contributed by atoms with E-state index >= 15 is 0 Å². The summed E-state index contributed by atoms with van der Waals surface area (Å²) in [4.78, 5) is 11.4. The summed E-state index contributed by atoms with van der Waals surface area (Å²) in [5, 5.41) is 9.72. The number of benzene rings is 2. The molecule has 0 saturated carbocycles. The van der Waals surface area contributed by atoms with Gasteiger partial charge in [-0.1, -0.05) is 54.6 Å². The maximum atomic E-state index is 11.4. The van der Waals surface area contributed by atoms with Crippen molar-refractivity contribution in [2.45, 2.75) is 38.3 Å². The third kappa shape index (κ3) is 5.48. The molecule has 0 amide bonds. The summed E-state index contributed by atoms with van der Waals surface area (Å²) in [6.07, 6.45) is 0.605. The molecule has 0 aromatic heterocycles. The first kappa shape index (κ1) is 18.2. The highest BCUT2D eigenvalue weighted by atomic mass is 16.5. The van der Waals surface area contributed by atoms with Crippen LogP contribution in [0.1, 0.15) is 25.3 Å². The van der Waals surface area contributed by atoms with E-state index in [4.69, 9.17) is 10.5 Å². The number of hydrogen-bond acceptors (Lipinski definition) is 4. The molecule has 0 fully saturated rings. The van der Waals surface area contributed by atoms with Gasteiger partial charge in [-0.15, -0.1) is 0 Å². The van der Waals surface area contributed by atoms with Crippen molar-refractivity contribution in [3.63, 3.8) is 0 Å². The monoisotopic (exact) mass is 327 g/mol. The van der Waals surface area contributed by atoms with Gasteiger partial charge in [0.05, 0.1) is 6.61 Å². The molecule has 0 spiro atoms. The van der Waals surface area contributed by atoms with Gasteiger partial charge in [-0.3, -0.25) is 0 Å². The third-order valence-corrected chi connectivity index (χ3v) is 3.95. The number of nitrogens with two attached hydrogens (primary N) is 1. The van der Waals surface area contributed by atoms with E-state index in [1.165, 1.54) is 16.7 Å². The van der Waals surface area contributed by atoms with Gasteiger partial charge in [0.1, 0.15) is 0 Å². The minimum absolute atomic E-state index is 0.223. The molecule has 0 aliphatic rings. The zero-order valence-electron chi connectivity index (χ0n) is 14.0. The van der Waals surface area contributed by atoms with E-state index in [1.807, 2.05) is 18.2 Å². The van der Waals surface area contributed by atoms with Crippen LogP contribution in [-0.4, -0.2) is 29.8 Å². The van der Waals surface area contributed by atoms with Crippen LogP contribution in [-0.2, 0) is 16.0 Å². The van der Waals surface area contributed by atoms with Gasteiger partial charge in [0, 0.05) is 6.04 Å². The van der Waals surface area contributed by atoms with Crippen LogP contribution in [0.15, 0.2) is 54.6 Å². The van der Waals surface area contributed by atoms with Gasteiger partial charge in [0.15, 0.2) is 6.10 Å². The Morgan fingerprint density at radius 3 is 2.33 bits per heavy atom. The van der Waals surface area contributed by atoms with Crippen molar-refractivity contribution in [2.24, 2.45) is 5.73 Å². The van der Waals surface area contributed by atoms with Crippen LogP contribution in [0.4, 0.5) is 0 Å². The molecule has 24 heavy (non-hydrogen) atoms. The maximum absolute atomic E-state index is 11.4. The van der Waals surface area contributed by atoms with Crippen LogP contribution in [0.5, 0.6) is 0 Å².